The molecular formula is C15H16N6OS. The normalized spacial score (nSPS) is 14.1. The van der Waals surface area contributed by atoms with E-state index in [1.807, 2.05) is 24.6 Å². The highest BCUT2D eigenvalue weighted by atomic mass is 32.1. The zero-order valence-corrected chi connectivity index (χ0v) is 13.4. The number of hydrogen-bond acceptors (Lipinski definition) is 5. The van der Waals surface area contributed by atoms with Crippen molar-refractivity contribution in [2.45, 2.75) is 32.1 Å². The van der Waals surface area contributed by atoms with Gasteiger partial charge in [0.15, 0.2) is 5.82 Å². The van der Waals surface area contributed by atoms with Gasteiger partial charge in [0.1, 0.15) is 0 Å². The number of aromatic amines is 1. The highest BCUT2D eigenvalue weighted by Crippen LogP contribution is 2.39. The maximum Gasteiger partial charge on any atom is 0.230 e. The van der Waals surface area contributed by atoms with E-state index in [2.05, 4.69) is 25.6 Å². The molecule has 0 aliphatic heterocycles. The molecule has 0 radical (unpaired) electrons. The Balaban J connectivity index is 1.39. The van der Waals surface area contributed by atoms with Crippen LogP contribution in [0.1, 0.15) is 35.7 Å². The Morgan fingerprint density at radius 2 is 2.39 bits per heavy atom. The smallest absolute Gasteiger partial charge is 0.230 e. The number of nitrogens with zero attached hydrogens (tertiary/aromatic N) is 4. The van der Waals surface area contributed by atoms with E-state index in [0.29, 0.717) is 11.7 Å². The second-order valence-corrected chi connectivity index (χ2v) is 6.61. The van der Waals surface area contributed by atoms with Crippen LogP contribution in [0.2, 0.25) is 0 Å². The van der Waals surface area contributed by atoms with E-state index in [4.69, 9.17) is 0 Å². The second-order valence-electron chi connectivity index (χ2n) is 5.77. The van der Waals surface area contributed by atoms with Gasteiger partial charge in [-0.25, -0.2) is 9.67 Å². The van der Waals surface area contributed by atoms with Crippen LogP contribution in [0.15, 0.2) is 23.8 Å². The Labute approximate surface area is 136 Å². The Morgan fingerprint density at radius 1 is 1.52 bits per heavy atom. The van der Waals surface area contributed by atoms with Crippen LogP contribution in [0, 0.1) is 6.92 Å². The number of rotatable bonds is 5. The molecule has 3 heterocycles. The SMILES string of the molecule is Cc1csc(-n2cc(CC(=O)Nc3cc(C4CC4)[nH]n3)cn2)n1. The van der Waals surface area contributed by atoms with Gasteiger partial charge in [-0.1, -0.05) is 0 Å². The third-order valence-electron chi connectivity index (χ3n) is 3.69. The van der Waals surface area contributed by atoms with E-state index in [9.17, 15) is 4.79 Å². The molecular weight excluding hydrogens is 312 g/mol. The molecule has 0 unspecified atom stereocenters. The number of thiazole rings is 1. The summed E-state index contributed by atoms with van der Waals surface area (Å²) in [6.07, 6.45) is 6.18. The summed E-state index contributed by atoms with van der Waals surface area (Å²) in [5, 5.41) is 17.0. The molecule has 1 aliphatic carbocycles. The molecule has 1 saturated carbocycles. The van der Waals surface area contributed by atoms with Crippen molar-refractivity contribution in [1.82, 2.24) is 25.0 Å². The van der Waals surface area contributed by atoms with Gasteiger partial charge in [-0.05, 0) is 25.3 Å². The first-order valence-electron chi connectivity index (χ1n) is 7.48. The Morgan fingerprint density at radius 3 is 3.13 bits per heavy atom. The molecule has 7 nitrogen and oxygen atoms in total. The van der Waals surface area contributed by atoms with E-state index in [-0.39, 0.29) is 12.3 Å². The first-order chi connectivity index (χ1) is 11.2. The Kier molecular flexibility index (Phi) is 3.45. The summed E-state index contributed by atoms with van der Waals surface area (Å²) in [6.45, 7) is 1.94. The van der Waals surface area contributed by atoms with Crippen LogP contribution in [-0.2, 0) is 11.2 Å². The topological polar surface area (TPSA) is 88.5 Å². The second kappa shape index (κ2) is 5.62. The molecule has 0 spiro atoms. The first-order valence-corrected chi connectivity index (χ1v) is 8.36. The molecule has 118 valence electrons. The van der Waals surface area contributed by atoms with Crippen molar-refractivity contribution in [3.63, 3.8) is 0 Å². The number of hydrogen-bond donors (Lipinski definition) is 2. The minimum absolute atomic E-state index is 0.103. The van der Waals surface area contributed by atoms with Crippen LogP contribution in [0.4, 0.5) is 5.82 Å². The fraction of sp³-hybridized carbons (Fsp3) is 0.333. The van der Waals surface area contributed by atoms with Gasteiger partial charge >= 0.3 is 0 Å². The van der Waals surface area contributed by atoms with E-state index < -0.39 is 0 Å². The van der Waals surface area contributed by atoms with Crippen LogP contribution in [0.3, 0.4) is 0 Å². The van der Waals surface area contributed by atoms with Gasteiger partial charge < -0.3 is 5.32 Å². The number of amides is 1. The van der Waals surface area contributed by atoms with Gasteiger partial charge in [0.25, 0.3) is 0 Å². The number of aryl methyl sites for hydroxylation is 1. The van der Waals surface area contributed by atoms with Gasteiger partial charge in [0.05, 0.1) is 18.3 Å². The van der Waals surface area contributed by atoms with E-state index in [1.54, 1.807) is 10.9 Å². The highest BCUT2D eigenvalue weighted by Gasteiger charge is 2.25. The summed E-state index contributed by atoms with van der Waals surface area (Å²) in [5.74, 6) is 1.07. The van der Waals surface area contributed by atoms with Crippen molar-refractivity contribution in [3.05, 3.63) is 40.8 Å². The van der Waals surface area contributed by atoms with E-state index in [1.165, 1.54) is 24.2 Å². The molecule has 3 aromatic rings. The van der Waals surface area contributed by atoms with Gasteiger partial charge in [0, 0.05) is 29.3 Å². The van der Waals surface area contributed by atoms with Crippen LogP contribution in [0.25, 0.3) is 5.13 Å². The predicted molar refractivity (Wildman–Crippen MR) is 86.9 cm³/mol. The molecule has 2 N–H and O–H groups in total. The zero-order valence-electron chi connectivity index (χ0n) is 12.6. The van der Waals surface area contributed by atoms with Gasteiger partial charge in [-0.2, -0.15) is 10.2 Å². The quantitative estimate of drug-likeness (QED) is 0.753. The molecule has 1 amide bonds. The standard InChI is InChI=1S/C15H16N6OS/c1-9-8-23-15(17-9)21-7-10(6-16-21)4-14(22)18-13-5-12(19-20-13)11-2-3-11/h5-8,11H,2-4H2,1H3,(H2,18,19,20,22). The summed E-state index contributed by atoms with van der Waals surface area (Å²) in [4.78, 5) is 16.5. The summed E-state index contributed by atoms with van der Waals surface area (Å²) in [5.41, 5.74) is 2.91. The predicted octanol–water partition coefficient (Wildman–Crippen LogP) is 2.42. The fourth-order valence-electron chi connectivity index (χ4n) is 2.38. The Bertz CT molecular complexity index is 844. The summed E-state index contributed by atoms with van der Waals surface area (Å²) in [7, 11) is 0. The van der Waals surface area contributed by atoms with E-state index in [0.717, 1.165) is 22.1 Å². The number of nitrogens with one attached hydrogen (secondary N) is 2. The van der Waals surface area contributed by atoms with Crippen LogP contribution in [-0.4, -0.2) is 30.9 Å². The van der Waals surface area contributed by atoms with Gasteiger partial charge in [0.2, 0.25) is 11.0 Å². The Hall–Kier alpha value is -2.48. The lowest BCUT2D eigenvalue weighted by Crippen LogP contribution is -2.14. The summed E-state index contributed by atoms with van der Waals surface area (Å²) >= 11 is 1.52. The molecule has 3 aromatic heterocycles. The maximum absolute atomic E-state index is 12.1. The molecule has 1 fully saturated rings. The highest BCUT2D eigenvalue weighted by molar-refractivity contribution is 7.12. The van der Waals surface area contributed by atoms with E-state index >= 15 is 0 Å². The molecule has 1 aliphatic rings. The molecule has 0 bridgehead atoms. The zero-order chi connectivity index (χ0) is 15.8. The van der Waals surface area contributed by atoms with Crippen molar-refractivity contribution in [2.75, 3.05) is 5.32 Å². The monoisotopic (exact) mass is 328 g/mol. The van der Waals surface area contributed by atoms with Crippen LogP contribution >= 0.6 is 11.3 Å². The lowest BCUT2D eigenvalue weighted by atomic mass is 10.2. The van der Waals surface area contributed by atoms with Crippen molar-refractivity contribution < 1.29 is 4.79 Å². The lowest BCUT2D eigenvalue weighted by molar-refractivity contribution is -0.115. The number of H-pyrrole nitrogens is 1. The van der Waals surface area contributed by atoms with Crippen LogP contribution < -0.4 is 5.32 Å². The molecule has 23 heavy (non-hydrogen) atoms. The molecule has 0 saturated heterocycles. The average Bonchev–Trinajstić information content (AvgIpc) is 2.91. The van der Waals surface area contributed by atoms with Crippen molar-refractivity contribution in [2.24, 2.45) is 0 Å². The minimum Gasteiger partial charge on any atom is -0.309 e. The summed E-state index contributed by atoms with van der Waals surface area (Å²) < 4.78 is 1.69. The molecule has 0 atom stereocenters. The number of carbonyl (C=O) groups is 1. The van der Waals surface area contributed by atoms with Crippen molar-refractivity contribution in [3.8, 4) is 5.13 Å². The van der Waals surface area contributed by atoms with Crippen molar-refractivity contribution in [1.29, 1.82) is 0 Å². The maximum atomic E-state index is 12.1. The largest absolute Gasteiger partial charge is 0.309 e. The molecule has 4 rings (SSSR count). The van der Waals surface area contributed by atoms with Gasteiger partial charge in [-0.3, -0.25) is 9.89 Å². The number of anilines is 1. The molecule has 8 heteroatoms. The van der Waals surface area contributed by atoms with Crippen molar-refractivity contribution >= 4 is 23.1 Å². The van der Waals surface area contributed by atoms with Gasteiger partial charge in [-0.15, -0.1) is 11.3 Å². The molecule has 0 aromatic carbocycles. The third kappa shape index (κ3) is 3.16. The lowest BCUT2D eigenvalue weighted by Gasteiger charge is -1.99. The first kappa shape index (κ1) is 14.1. The van der Waals surface area contributed by atoms with Crippen LogP contribution in [0.5, 0.6) is 0 Å². The number of aromatic nitrogens is 5. The minimum atomic E-state index is -0.103. The number of carbonyl (C=O) groups excluding carboxylic acids is 1. The fourth-order valence-corrected chi connectivity index (χ4v) is 3.11. The summed E-state index contributed by atoms with van der Waals surface area (Å²) in [6, 6.07) is 1.91. The third-order valence-corrected chi connectivity index (χ3v) is 4.63. The average molecular weight is 328 g/mol.